The lowest BCUT2D eigenvalue weighted by atomic mass is 9.90. The number of nitrogens with one attached hydrogen (secondary N) is 2. The molecule has 2 aromatic carbocycles. The van der Waals surface area contributed by atoms with Crippen molar-refractivity contribution in [2.45, 2.75) is 19.3 Å². The molecule has 0 aliphatic heterocycles. The van der Waals surface area contributed by atoms with E-state index < -0.39 is 31.2 Å². The van der Waals surface area contributed by atoms with Crippen LogP contribution < -0.4 is 21.5 Å². The third kappa shape index (κ3) is 7.72. The quantitative estimate of drug-likeness (QED) is 0.0703. The fourth-order valence-electron chi connectivity index (χ4n) is 4.35. The highest BCUT2D eigenvalue weighted by Gasteiger charge is 2.26. The van der Waals surface area contributed by atoms with Crippen LogP contribution in [0.2, 0.25) is 0 Å². The SMILES string of the molecule is C=Cc1cc(C(=O)Cc2ccc(C(=N)N)cc2)c(-c2ccc(C(=O)NCC3CC3)nc2C(=O)OCOC(=O)CN)cc1OC. The highest BCUT2D eigenvalue weighted by atomic mass is 16.7. The van der Waals surface area contributed by atoms with E-state index in [0.29, 0.717) is 40.5 Å². The molecule has 0 spiro atoms. The first-order chi connectivity index (χ1) is 21.1. The Morgan fingerprint density at radius 3 is 2.41 bits per heavy atom. The van der Waals surface area contributed by atoms with Gasteiger partial charge in [0.2, 0.25) is 6.79 Å². The van der Waals surface area contributed by atoms with Gasteiger partial charge >= 0.3 is 11.9 Å². The van der Waals surface area contributed by atoms with Crippen molar-refractivity contribution in [2.24, 2.45) is 17.4 Å². The molecule has 0 atom stereocenters. The van der Waals surface area contributed by atoms with Crippen molar-refractivity contribution in [3.8, 4) is 16.9 Å². The van der Waals surface area contributed by atoms with Crippen molar-refractivity contribution < 1.29 is 33.4 Å². The van der Waals surface area contributed by atoms with Crippen LogP contribution in [-0.2, 0) is 20.7 Å². The van der Waals surface area contributed by atoms with Crippen LogP contribution in [0.5, 0.6) is 5.75 Å². The smallest absolute Gasteiger partial charge is 0.360 e. The second-order valence-electron chi connectivity index (χ2n) is 10.1. The summed E-state index contributed by atoms with van der Waals surface area (Å²) in [5, 5.41) is 10.4. The molecule has 4 rings (SSSR count). The van der Waals surface area contributed by atoms with Crippen LogP contribution in [0.3, 0.4) is 0 Å². The first kappa shape index (κ1) is 31.6. The average molecular weight is 600 g/mol. The number of aromatic nitrogens is 1. The van der Waals surface area contributed by atoms with E-state index in [1.54, 1.807) is 36.4 Å². The Hall–Kier alpha value is -5.36. The summed E-state index contributed by atoms with van der Waals surface area (Å²) in [5.74, 6) is -1.85. The predicted octanol–water partition coefficient (Wildman–Crippen LogP) is 2.87. The lowest BCUT2D eigenvalue weighted by molar-refractivity contribution is -0.150. The molecule has 44 heavy (non-hydrogen) atoms. The van der Waals surface area contributed by atoms with Crippen LogP contribution in [-0.4, -0.2) is 61.4 Å². The van der Waals surface area contributed by atoms with Crippen LogP contribution in [0.4, 0.5) is 0 Å². The topological polar surface area (TPSA) is 197 Å². The molecule has 1 aromatic heterocycles. The summed E-state index contributed by atoms with van der Waals surface area (Å²) >= 11 is 0. The second kappa shape index (κ2) is 14.2. The summed E-state index contributed by atoms with van der Waals surface area (Å²) < 4.78 is 15.4. The molecule has 12 nitrogen and oxygen atoms in total. The number of nitrogen functional groups attached to an aromatic ring is 1. The molecule has 3 aromatic rings. The number of amides is 1. The number of Topliss-reactive ketones (excluding diaryl/α,β-unsaturated/α-hetero) is 1. The maximum absolute atomic E-state index is 13.8. The van der Waals surface area contributed by atoms with E-state index in [0.717, 1.165) is 12.8 Å². The molecule has 1 saturated carbocycles. The molecule has 1 aliphatic rings. The summed E-state index contributed by atoms with van der Waals surface area (Å²) in [6.45, 7) is 3.17. The van der Waals surface area contributed by atoms with Crippen molar-refractivity contribution in [3.63, 3.8) is 0 Å². The lowest BCUT2D eigenvalue weighted by Gasteiger charge is -2.17. The largest absolute Gasteiger partial charge is 0.496 e. The molecular weight excluding hydrogens is 566 g/mol. The number of nitrogens with zero attached hydrogens (tertiary/aromatic N) is 1. The first-order valence-electron chi connectivity index (χ1n) is 13.8. The maximum Gasteiger partial charge on any atom is 0.360 e. The monoisotopic (exact) mass is 599 g/mol. The van der Waals surface area contributed by atoms with Crippen molar-refractivity contribution in [2.75, 3.05) is 27.0 Å². The highest BCUT2D eigenvalue weighted by Crippen LogP contribution is 2.35. The number of rotatable bonds is 14. The number of nitrogens with two attached hydrogens (primary N) is 2. The molecule has 1 aliphatic carbocycles. The molecule has 1 heterocycles. The summed E-state index contributed by atoms with van der Waals surface area (Å²) in [6.07, 6.45) is 3.59. The summed E-state index contributed by atoms with van der Waals surface area (Å²) in [7, 11) is 1.46. The van der Waals surface area contributed by atoms with Gasteiger partial charge in [-0.25, -0.2) is 9.78 Å². The van der Waals surface area contributed by atoms with E-state index in [9.17, 15) is 19.2 Å². The van der Waals surface area contributed by atoms with E-state index in [1.807, 2.05) is 0 Å². The number of ketones is 1. The summed E-state index contributed by atoms with van der Waals surface area (Å²) in [6, 6.07) is 12.8. The second-order valence-corrected chi connectivity index (χ2v) is 10.1. The van der Waals surface area contributed by atoms with Crippen LogP contribution in [0.15, 0.2) is 55.1 Å². The highest BCUT2D eigenvalue weighted by molar-refractivity contribution is 6.07. The molecule has 0 saturated heterocycles. The van der Waals surface area contributed by atoms with Gasteiger partial charge in [0, 0.05) is 35.2 Å². The zero-order valence-corrected chi connectivity index (χ0v) is 24.2. The zero-order valence-electron chi connectivity index (χ0n) is 24.2. The molecule has 1 fully saturated rings. The molecule has 0 radical (unpaired) electrons. The third-order valence-electron chi connectivity index (χ3n) is 6.96. The van der Waals surface area contributed by atoms with Crippen LogP contribution >= 0.6 is 0 Å². The number of methoxy groups -OCH3 is 1. The van der Waals surface area contributed by atoms with Gasteiger partial charge in [0.15, 0.2) is 11.5 Å². The Kier molecular flexibility index (Phi) is 10.2. The van der Waals surface area contributed by atoms with Gasteiger partial charge in [-0.2, -0.15) is 0 Å². The van der Waals surface area contributed by atoms with Crippen LogP contribution in [0.1, 0.15) is 60.9 Å². The third-order valence-corrected chi connectivity index (χ3v) is 6.96. The van der Waals surface area contributed by atoms with Crippen molar-refractivity contribution in [1.82, 2.24) is 10.3 Å². The number of amidine groups is 1. The van der Waals surface area contributed by atoms with E-state index >= 15 is 0 Å². The van der Waals surface area contributed by atoms with Crippen molar-refractivity contribution >= 4 is 35.5 Å². The minimum Gasteiger partial charge on any atom is -0.496 e. The Labute approximate surface area is 253 Å². The van der Waals surface area contributed by atoms with Gasteiger partial charge in [0.05, 0.1) is 13.7 Å². The minimum atomic E-state index is -0.994. The number of ether oxygens (including phenoxy) is 3. The standard InChI is InChI=1S/C32H33N5O7/c1-3-20-13-24(26(38)12-18-6-8-21(9-7-18)30(34)35)23(14-27(20)42-2)22-10-11-25(31(40)36-16-19-4-5-19)37-29(22)32(41)44-17-43-28(39)15-33/h3,6-11,13-14,19H,1,4-5,12,15-17,33H2,2H3,(H3,34,35)(H,36,40). The predicted molar refractivity (Wildman–Crippen MR) is 162 cm³/mol. The molecule has 0 bridgehead atoms. The van der Waals surface area contributed by atoms with Crippen molar-refractivity contribution in [1.29, 1.82) is 5.41 Å². The van der Waals surface area contributed by atoms with Gasteiger partial charge in [-0.15, -0.1) is 0 Å². The van der Waals surface area contributed by atoms with Gasteiger partial charge in [-0.3, -0.25) is 19.8 Å². The number of carbonyl (C=O) groups excluding carboxylic acids is 4. The fourth-order valence-corrected chi connectivity index (χ4v) is 4.35. The maximum atomic E-state index is 13.8. The molecule has 0 unspecified atom stereocenters. The van der Waals surface area contributed by atoms with Gasteiger partial charge in [0.25, 0.3) is 5.91 Å². The fraction of sp³-hybridized carbons (Fsp3) is 0.250. The Morgan fingerprint density at radius 1 is 1.07 bits per heavy atom. The van der Waals surface area contributed by atoms with Gasteiger partial charge < -0.3 is 31.0 Å². The minimum absolute atomic E-state index is 0.0159. The lowest BCUT2D eigenvalue weighted by Crippen LogP contribution is -2.27. The van der Waals surface area contributed by atoms with E-state index in [2.05, 4.69) is 16.9 Å². The number of carbonyl (C=O) groups is 4. The Morgan fingerprint density at radius 2 is 1.80 bits per heavy atom. The summed E-state index contributed by atoms with van der Waals surface area (Å²) in [4.78, 5) is 55.7. The summed E-state index contributed by atoms with van der Waals surface area (Å²) in [5.41, 5.74) is 12.9. The van der Waals surface area contributed by atoms with Crippen LogP contribution in [0, 0.1) is 11.3 Å². The zero-order chi connectivity index (χ0) is 31.8. The number of benzene rings is 2. The molecule has 12 heteroatoms. The number of hydrogen-bond donors (Lipinski definition) is 4. The Balaban J connectivity index is 1.77. The van der Waals surface area contributed by atoms with Gasteiger partial charge in [0.1, 0.15) is 17.3 Å². The normalized spacial score (nSPS) is 12.1. The number of esters is 2. The van der Waals surface area contributed by atoms with E-state index in [1.165, 1.54) is 25.3 Å². The number of hydrogen-bond acceptors (Lipinski definition) is 10. The Bertz CT molecular complexity index is 1610. The molecular formula is C32H33N5O7. The average Bonchev–Trinajstić information content (AvgIpc) is 3.87. The van der Waals surface area contributed by atoms with Crippen LogP contribution in [0.25, 0.3) is 17.2 Å². The van der Waals surface area contributed by atoms with E-state index in [4.69, 9.17) is 31.1 Å². The molecule has 1 amide bonds. The first-order valence-corrected chi connectivity index (χ1v) is 13.8. The van der Waals surface area contributed by atoms with Gasteiger partial charge in [-0.05, 0) is 54.2 Å². The van der Waals surface area contributed by atoms with Gasteiger partial charge in [-0.1, -0.05) is 36.9 Å². The van der Waals surface area contributed by atoms with Crippen molar-refractivity contribution in [3.05, 3.63) is 88.8 Å². The molecule has 228 valence electrons. The number of pyridine rings is 1. The van der Waals surface area contributed by atoms with E-state index in [-0.39, 0.29) is 40.6 Å². The molecule has 6 N–H and O–H groups in total.